The van der Waals surface area contributed by atoms with Crippen LogP contribution in [0.4, 0.5) is 15.3 Å². The van der Waals surface area contributed by atoms with Crippen LogP contribution in [0.5, 0.6) is 5.75 Å². The molecule has 31 heavy (non-hydrogen) atoms. The quantitative estimate of drug-likeness (QED) is 0.414. The Labute approximate surface area is 178 Å². The summed E-state index contributed by atoms with van der Waals surface area (Å²) in [4.78, 5) is 35.4. The van der Waals surface area contributed by atoms with Crippen LogP contribution in [0.3, 0.4) is 0 Å². The second-order valence-electron chi connectivity index (χ2n) is 6.33. The summed E-state index contributed by atoms with van der Waals surface area (Å²) in [6.07, 6.45) is -1.80. The Hall–Kier alpha value is -4.33. The number of nitrogens with one attached hydrogen (secondary N) is 1. The fourth-order valence-electron chi connectivity index (χ4n) is 2.58. The summed E-state index contributed by atoms with van der Waals surface area (Å²) in [6.45, 7) is 0.0435. The van der Waals surface area contributed by atoms with E-state index in [0.29, 0.717) is 0 Å². The molecule has 0 aliphatic heterocycles. The number of ether oxygens (including phenoxy) is 3. The summed E-state index contributed by atoms with van der Waals surface area (Å²) in [5.74, 6) is -1.55. The highest BCUT2D eigenvalue weighted by molar-refractivity contribution is 5.94. The van der Waals surface area contributed by atoms with Crippen LogP contribution in [0.25, 0.3) is 0 Å². The lowest BCUT2D eigenvalue weighted by Gasteiger charge is -2.11. The topological polar surface area (TPSA) is 111 Å². The molecule has 3 rings (SSSR count). The van der Waals surface area contributed by atoms with Crippen molar-refractivity contribution in [2.75, 3.05) is 5.32 Å². The van der Waals surface area contributed by atoms with E-state index in [1.54, 1.807) is 36.4 Å². The average Bonchev–Trinajstić information content (AvgIpc) is 2.78. The molecule has 0 fully saturated rings. The fraction of sp³-hybridized carbons (Fsp3) is 0.0870. The van der Waals surface area contributed by atoms with Crippen LogP contribution in [0.15, 0.2) is 78.9 Å². The van der Waals surface area contributed by atoms with Gasteiger partial charge in [-0.15, -0.1) is 0 Å². The third-order valence-corrected chi connectivity index (χ3v) is 4.06. The molecule has 3 aromatic carbocycles. The van der Waals surface area contributed by atoms with Gasteiger partial charge in [0, 0.05) is 5.69 Å². The summed E-state index contributed by atoms with van der Waals surface area (Å²) in [6, 6.07) is 21.8. The Bertz CT molecular complexity index is 1050. The van der Waals surface area contributed by atoms with Crippen molar-refractivity contribution < 1.29 is 33.7 Å². The molecule has 1 amide bonds. The molecule has 2 N–H and O–H groups in total. The number of carbonyl (C=O) groups is 3. The monoisotopic (exact) mass is 421 g/mol. The third kappa shape index (κ3) is 6.60. The van der Waals surface area contributed by atoms with Gasteiger partial charge in [0.15, 0.2) is 0 Å². The summed E-state index contributed by atoms with van der Waals surface area (Å²) in [5, 5.41) is 11.9. The maximum Gasteiger partial charge on any atom is 0.514 e. The molecule has 3 aromatic rings. The van der Waals surface area contributed by atoms with Gasteiger partial charge in [-0.2, -0.15) is 0 Å². The van der Waals surface area contributed by atoms with E-state index in [1.807, 2.05) is 24.3 Å². The maximum absolute atomic E-state index is 12.0. The Morgan fingerprint density at radius 2 is 1.35 bits per heavy atom. The molecule has 0 radical (unpaired) electrons. The highest BCUT2D eigenvalue weighted by Gasteiger charge is 2.17. The normalized spacial score (nSPS) is 10.1. The number of aromatic carboxylic acids is 1. The van der Waals surface area contributed by atoms with Crippen molar-refractivity contribution in [3.8, 4) is 5.75 Å². The van der Waals surface area contributed by atoms with Crippen molar-refractivity contribution >= 4 is 23.9 Å². The molecular formula is C23H19NO7. The highest BCUT2D eigenvalue weighted by Crippen LogP contribution is 2.24. The van der Waals surface area contributed by atoms with E-state index >= 15 is 0 Å². The lowest BCUT2D eigenvalue weighted by Crippen LogP contribution is -2.15. The van der Waals surface area contributed by atoms with Crippen molar-refractivity contribution in [3.63, 3.8) is 0 Å². The van der Waals surface area contributed by atoms with E-state index in [-0.39, 0.29) is 30.2 Å². The molecule has 0 atom stereocenters. The molecular weight excluding hydrogens is 402 g/mol. The first-order chi connectivity index (χ1) is 15.0. The lowest BCUT2D eigenvalue weighted by atomic mass is 10.2. The largest absolute Gasteiger partial charge is 0.514 e. The van der Waals surface area contributed by atoms with Crippen LogP contribution in [0, 0.1) is 0 Å². The number of carboxylic acids is 1. The molecule has 0 aliphatic rings. The van der Waals surface area contributed by atoms with Crippen LogP contribution < -0.4 is 10.1 Å². The predicted molar refractivity (Wildman–Crippen MR) is 111 cm³/mol. The van der Waals surface area contributed by atoms with E-state index in [1.165, 1.54) is 12.1 Å². The van der Waals surface area contributed by atoms with E-state index in [2.05, 4.69) is 5.32 Å². The number of carboxylic acid groups (broad SMARTS) is 1. The Morgan fingerprint density at radius 1 is 0.774 bits per heavy atom. The van der Waals surface area contributed by atoms with Crippen molar-refractivity contribution in [1.82, 2.24) is 0 Å². The number of anilines is 1. The summed E-state index contributed by atoms with van der Waals surface area (Å²) < 4.78 is 15.1. The van der Waals surface area contributed by atoms with Gasteiger partial charge in [0.1, 0.15) is 24.5 Å². The van der Waals surface area contributed by atoms with Gasteiger partial charge in [0.25, 0.3) is 0 Å². The Morgan fingerprint density at radius 3 is 1.94 bits per heavy atom. The summed E-state index contributed by atoms with van der Waals surface area (Å²) in [5.41, 5.74) is 1.41. The smallest absolute Gasteiger partial charge is 0.478 e. The number of hydrogen-bond donors (Lipinski definition) is 2. The van der Waals surface area contributed by atoms with E-state index < -0.39 is 18.2 Å². The summed E-state index contributed by atoms with van der Waals surface area (Å²) >= 11 is 0. The van der Waals surface area contributed by atoms with E-state index in [9.17, 15) is 19.5 Å². The van der Waals surface area contributed by atoms with E-state index in [4.69, 9.17) is 14.2 Å². The zero-order chi connectivity index (χ0) is 22.1. The number of benzene rings is 3. The van der Waals surface area contributed by atoms with Crippen LogP contribution in [0.2, 0.25) is 0 Å². The minimum Gasteiger partial charge on any atom is -0.478 e. The van der Waals surface area contributed by atoms with Crippen LogP contribution >= 0.6 is 0 Å². The van der Waals surface area contributed by atoms with E-state index in [0.717, 1.165) is 17.2 Å². The molecule has 0 saturated heterocycles. The van der Waals surface area contributed by atoms with Crippen molar-refractivity contribution in [2.24, 2.45) is 0 Å². The molecule has 0 unspecified atom stereocenters. The summed E-state index contributed by atoms with van der Waals surface area (Å²) in [7, 11) is 0. The Balaban J connectivity index is 1.59. The SMILES string of the molecule is O=C(Nc1ccc(OC(=O)OCc2ccccc2)c(C(=O)O)c1)OCc1ccccc1. The zero-order valence-corrected chi connectivity index (χ0v) is 16.3. The van der Waals surface area contributed by atoms with Gasteiger partial charge in [-0.05, 0) is 29.3 Å². The molecule has 8 heteroatoms. The minimum atomic E-state index is -1.34. The molecule has 0 heterocycles. The maximum atomic E-state index is 12.0. The second kappa shape index (κ2) is 10.4. The predicted octanol–water partition coefficient (Wildman–Crippen LogP) is 4.85. The van der Waals surface area contributed by atoms with Crippen LogP contribution in [0.1, 0.15) is 21.5 Å². The van der Waals surface area contributed by atoms with Gasteiger partial charge in [-0.1, -0.05) is 60.7 Å². The standard InChI is InChI=1S/C23H19NO7/c25-21(26)19-13-18(24-22(27)29-14-16-7-3-1-4-8-16)11-12-20(19)31-23(28)30-15-17-9-5-2-6-10-17/h1-13H,14-15H2,(H,24,27)(H,25,26). The van der Waals surface area contributed by atoms with Gasteiger partial charge in [-0.3, -0.25) is 5.32 Å². The molecule has 0 bridgehead atoms. The lowest BCUT2D eigenvalue weighted by molar-refractivity contribution is 0.0688. The molecule has 0 aliphatic carbocycles. The number of hydrogen-bond acceptors (Lipinski definition) is 6. The highest BCUT2D eigenvalue weighted by atomic mass is 16.7. The van der Waals surface area contributed by atoms with Crippen LogP contribution in [-0.2, 0) is 22.7 Å². The minimum absolute atomic E-state index is 0.0189. The van der Waals surface area contributed by atoms with Gasteiger partial charge >= 0.3 is 18.2 Å². The molecule has 0 aromatic heterocycles. The van der Waals surface area contributed by atoms with Crippen molar-refractivity contribution in [3.05, 3.63) is 95.6 Å². The van der Waals surface area contributed by atoms with Gasteiger partial charge < -0.3 is 19.3 Å². The van der Waals surface area contributed by atoms with Crippen molar-refractivity contribution in [2.45, 2.75) is 13.2 Å². The molecule has 0 spiro atoms. The van der Waals surface area contributed by atoms with Gasteiger partial charge in [0.2, 0.25) is 0 Å². The number of rotatable bonds is 7. The van der Waals surface area contributed by atoms with Gasteiger partial charge in [0.05, 0.1) is 0 Å². The molecule has 0 saturated carbocycles. The number of carbonyl (C=O) groups excluding carboxylic acids is 2. The molecule has 158 valence electrons. The zero-order valence-electron chi connectivity index (χ0n) is 16.3. The average molecular weight is 421 g/mol. The first kappa shape index (κ1) is 21.4. The van der Waals surface area contributed by atoms with Gasteiger partial charge in [-0.25, -0.2) is 14.4 Å². The third-order valence-electron chi connectivity index (χ3n) is 4.06. The molecule has 8 nitrogen and oxygen atoms in total. The second-order valence-corrected chi connectivity index (χ2v) is 6.33. The first-order valence-electron chi connectivity index (χ1n) is 9.25. The first-order valence-corrected chi connectivity index (χ1v) is 9.25. The fourth-order valence-corrected chi connectivity index (χ4v) is 2.58. The number of amides is 1. The van der Waals surface area contributed by atoms with Crippen LogP contribution in [-0.4, -0.2) is 23.3 Å². The Kier molecular flexibility index (Phi) is 7.21. The van der Waals surface area contributed by atoms with Crippen molar-refractivity contribution in [1.29, 1.82) is 0 Å².